The number of rotatable bonds is 6. The molecule has 1 aromatic carbocycles. The highest BCUT2D eigenvalue weighted by Crippen LogP contribution is 2.37. The molecule has 2 aromatic heterocycles. The molecule has 0 saturated heterocycles. The van der Waals surface area contributed by atoms with Gasteiger partial charge >= 0.3 is 7.60 Å². The van der Waals surface area contributed by atoms with Crippen molar-refractivity contribution >= 4 is 7.60 Å². The van der Waals surface area contributed by atoms with Gasteiger partial charge in [-0.05, 0) is 23.6 Å². The number of hydrogen-bond acceptors (Lipinski definition) is 2. The number of nitrogens with zero attached hydrogens (tertiary/aromatic N) is 2. The van der Waals surface area contributed by atoms with E-state index in [1.807, 2.05) is 41.2 Å². The van der Waals surface area contributed by atoms with E-state index in [-0.39, 0.29) is 6.61 Å². The maximum Gasteiger partial charge on any atom is 0.325 e. The van der Waals surface area contributed by atoms with Gasteiger partial charge in [-0.15, -0.1) is 0 Å². The molecule has 2 heterocycles. The maximum absolute atomic E-state index is 11.2. The molecule has 0 aliphatic rings. The summed E-state index contributed by atoms with van der Waals surface area (Å²) in [6.45, 7) is 4.39. The van der Waals surface area contributed by atoms with E-state index in [1.54, 1.807) is 0 Å². The zero-order valence-corrected chi connectivity index (χ0v) is 15.8. The summed E-state index contributed by atoms with van der Waals surface area (Å²) in [6, 6.07) is 16.1. The van der Waals surface area contributed by atoms with Crippen LogP contribution in [0.5, 0.6) is 0 Å². The van der Waals surface area contributed by atoms with Crippen LogP contribution >= 0.6 is 7.60 Å². The van der Waals surface area contributed by atoms with Crippen molar-refractivity contribution in [1.29, 1.82) is 0 Å². The van der Waals surface area contributed by atoms with Crippen LogP contribution in [0.1, 0.15) is 12.5 Å². The average Bonchev–Trinajstić information content (AvgIpc) is 2.66. The molecule has 0 bridgehead atoms. The molecule has 0 radical (unpaired) electrons. The fourth-order valence-corrected chi connectivity index (χ4v) is 3.00. The lowest BCUT2D eigenvalue weighted by molar-refractivity contribution is -0.693. The second kappa shape index (κ2) is 7.92. The van der Waals surface area contributed by atoms with E-state index >= 15 is 0 Å². The fourth-order valence-electron chi connectivity index (χ4n) is 2.61. The van der Waals surface area contributed by atoms with Crippen molar-refractivity contribution in [3.05, 3.63) is 78.9 Å². The molecule has 1 atom stereocenters. The minimum absolute atomic E-state index is 0.125. The SMILES string of the molecule is CC[n+]1ccc(-c2cc[n+](-c3ccc(COP(C)(=O)O)cc3)cc2)cc1. The summed E-state index contributed by atoms with van der Waals surface area (Å²) >= 11 is 0. The van der Waals surface area contributed by atoms with Crippen LogP contribution in [0.4, 0.5) is 0 Å². The monoisotopic (exact) mass is 370 g/mol. The van der Waals surface area contributed by atoms with Gasteiger partial charge in [-0.2, -0.15) is 4.57 Å². The molecule has 26 heavy (non-hydrogen) atoms. The summed E-state index contributed by atoms with van der Waals surface area (Å²) in [4.78, 5) is 9.19. The van der Waals surface area contributed by atoms with Gasteiger partial charge in [0.2, 0.25) is 5.69 Å². The van der Waals surface area contributed by atoms with Gasteiger partial charge in [0.05, 0.1) is 6.61 Å². The Bertz CT molecular complexity index is 901. The molecular weight excluding hydrogens is 347 g/mol. The Balaban J connectivity index is 1.72. The Labute approximate surface area is 153 Å². The third-order valence-electron chi connectivity index (χ3n) is 4.12. The van der Waals surface area contributed by atoms with Gasteiger partial charge in [0, 0.05) is 43.1 Å². The number of aryl methyl sites for hydroxylation is 1. The van der Waals surface area contributed by atoms with Crippen LogP contribution in [0.25, 0.3) is 16.8 Å². The van der Waals surface area contributed by atoms with Crippen molar-refractivity contribution in [3.63, 3.8) is 0 Å². The Morgan fingerprint density at radius 2 is 1.46 bits per heavy atom. The van der Waals surface area contributed by atoms with Crippen LogP contribution in [-0.4, -0.2) is 11.6 Å². The maximum atomic E-state index is 11.2. The highest BCUT2D eigenvalue weighted by Gasteiger charge is 2.11. The minimum atomic E-state index is -3.45. The molecule has 0 amide bonds. The predicted molar refractivity (Wildman–Crippen MR) is 99.8 cm³/mol. The van der Waals surface area contributed by atoms with Gasteiger partial charge in [0.15, 0.2) is 24.8 Å². The van der Waals surface area contributed by atoms with Crippen LogP contribution in [0.15, 0.2) is 73.3 Å². The van der Waals surface area contributed by atoms with Crippen molar-refractivity contribution < 1.29 is 23.1 Å². The van der Waals surface area contributed by atoms with Crippen LogP contribution in [0.2, 0.25) is 0 Å². The van der Waals surface area contributed by atoms with E-state index in [0.29, 0.717) is 0 Å². The first-order chi connectivity index (χ1) is 12.4. The van der Waals surface area contributed by atoms with Gasteiger partial charge in [0.1, 0.15) is 6.54 Å². The Hall–Kier alpha value is -2.33. The van der Waals surface area contributed by atoms with Crippen molar-refractivity contribution in [2.75, 3.05) is 6.66 Å². The molecule has 3 aromatic rings. The molecular formula is C20H23N2O3P+2. The van der Waals surface area contributed by atoms with Crippen molar-refractivity contribution in [2.24, 2.45) is 0 Å². The summed E-state index contributed by atoms with van der Waals surface area (Å²) in [5.41, 5.74) is 4.22. The number of benzene rings is 1. The first kappa shape index (κ1) is 18.5. The van der Waals surface area contributed by atoms with Crippen LogP contribution < -0.4 is 9.13 Å². The van der Waals surface area contributed by atoms with Crippen molar-refractivity contribution in [1.82, 2.24) is 0 Å². The van der Waals surface area contributed by atoms with Gasteiger partial charge in [-0.25, -0.2) is 4.57 Å². The van der Waals surface area contributed by atoms with E-state index in [9.17, 15) is 9.46 Å². The first-order valence-electron chi connectivity index (χ1n) is 8.49. The molecule has 1 unspecified atom stereocenters. The summed E-state index contributed by atoms with van der Waals surface area (Å²) in [6.07, 6.45) is 8.21. The second-order valence-corrected chi connectivity index (χ2v) is 8.02. The highest BCUT2D eigenvalue weighted by atomic mass is 31.2. The van der Waals surface area contributed by atoms with E-state index in [4.69, 9.17) is 4.52 Å². The van der Waals surface area contributed by atoms with E-state index in [1.165, 1.54) is 12.2 Å². The quantitative estimate of drug-likeness (QED) is 0.535. The van der Waals surface area contributed by atoms with E-state index < -0.39 is 7.60 Å². The zero-order valence-electron chi connectivity index (χ0n) is 14.9. The third kappa shape index (κ3) is 4.85. The van der Waals surface area contributed by atoms with E-state index in [2.05, 4.69) is 48.1 Å². The van der Waals surface area contributed by atoms with Crippen LogP contribution in [-0.2, 0) is 22.2 Å². The molecule has 0 aliphatic heterocycles. The fraction of sp³-hybridized carbons (Fsp3) is 0.200. The lowest BCUT2D eigenvalue weighted by Gasteiger charge is -2.06. The molecule has 0 spiro atoms. The lowest BCUT2D eigenvalue weighted by Crippen LogP contribution is -2.30. The molecule has 3 rings (SSSR count). The van der Waals surface area contributed by atoms with Crippen molar-refractivity contribution in [3.8, 4) is 16.8 Å². The summed E-state index contributed by atoms with van der Waals surface area (Å²) in [7, 11) is -3.45. The predicted octanol–water partition coefficient (Wildman–Crippen LogP) is 3.27. The minimum Gasteiger partial charge on any atom is -0.324 e. The molecule has 0 aliphatic carbocycles. The number of pyridine rings is 2. The van der Waals surface area contributed by atoms with Gasteiger partial charge in [-0.1, -0.05) is 12.1 Å². The van der Waals surface area contributed by atoms with Crippen LogP contribution in [0.3, 0.4) is 0 Å². The van der Waals surface area contributed by atoms with Crippen molar-refractivity contribution in [2.45, 2.75) is 20.1 Å². The van der Waals surface area contributed by atoms with Gasteiger partial charge in [-0.3, -0.25) is 4.57 Å². The second-order valence-electron chi connectivity index (χ2n) is 6.15. The lowest BCUT2D eigenvalue weighted by atomic mass is 10.1. The Kier molecular flexibility index (Phi) is 5.62. The molecule has 134 valence electrons. The number of aromatic nitrogens is 2. The summed E-state index contributed by atoms with van der Waals surface area (Å²) in [5, 5.41) is 0. The standard InChI is InChI=1S/C20H22N2O3P/c1-3-21-12-8-18(9-13-21)19-10-14-22(15-11-19)20-6-4-17(5-7-20)16-25-26(2,23)24/h4-15H,3,16H2,1-2H3/q+1/p+1. The Morgan fingerprint density at radius 1 is 0.923 bits per heavy atom. The zero-order chi connectivity index (χ0) is 18.6. The molecule has 6 heteroatoms. The smallest absolute Gasteiger partial charge is 0.324 e. The summed E-state index contributed by atoms with van der Waals surface area (Å²) < 4.78 is 20.3. The molecule has 0 fully saturated rings. The largest absolute Gasteiger partial charge is 0.325 e. The molecule has 1 N–H and O–H groups in total. The summed E-state index contributed by atoms with van der Waals surface area (Å²) in [5.74, 6) is 0. The first-order valence-corrected chi connectivity index (χ1v) is 10.5. The van der Waals surface area contributed by atoms with Gasteiger partial charge in [0.25, 0.3) is 0 Å². The highest BCUT2D eigenvalue weighted by molar-refractivity contribution is 7.51. The van der Waals surface area contributed by atoms with E-state index in [0.717, 1.165) is 23.4 Å². The number of hydrogen-bond donors (Lipinski definition) is 1. The topological polar surface area (TPSA) is 54.3 Å². The van der Waals surface area contributed by atoms with Gasteiger partial charge < -0.3 is 9.42 Å². The third-order valence-corrected chi connectivity index (χ3v) is 4.73. The Morgan fingerprint density at radius 3 is 1.96 bits per heavy atom. The average molecular weight is 370 g/mol. The van der Waals surface area contributed by atoms with Crippen LogP contribution in [0, 0.1) is 0 Å². The molecule has 0 saturated carbocycles. The normalized spacial score (nSPS) is 13.3. The molecule has 5 nitrogen and oxygen atoms in total.